The van der Waals surface area contributed by atoms with Crippen LogP contribution in [-0.4, -0.2) is 36.1 Å². The van der Waals surface area contributed by atoms with Crippen LogP contribution in [-0.2, 0) is 0 Å². The van der Waals surface area contributed by atoms with Gasteiger partial charge in [0.05, 0.1) is 6.10 Å². The standard InChI is InChI=1S/C21H32BNO2/c1-21(2,3)18-7-11-20(12-8-18)25-19-9-5-16(6-10-19)17-13-14-23(15-17)22(4)24/h5-6,9-10,13,18,20,24H,7-8,11-12,14-15H2,1-4H3. The van der Waals surface area contributed by atoms with Crippen molar-refractivity contribution in [2.45, 2.75) is 59.4 Å². The highest BCUT2D eigenvalue weighted by Gasteiger charge is 2.30. The SMILES string of the molecule is CB(O)N1CC=C(c2ccc(OC3CCC(C(C)(C)C)CC3)cc2)C1. The first-order valence-corrected chi connectivity index (χ1v) is 9.71. The molecule has 0 amide bonds. The van der Waals surface area contributed by atoms with E-state index in [-0.39, 0.29) is 7.05 Å². The molecule has 3 rings (SSSR count). The summed E-state index contributed by atoms with van der Waals surface area (Å²) in [5, 5.41) is 9.68. The summed E-state index contributed by atoms with van der Waals surface area (Å²) in [6.07, 6.45) is 7.44. The lowest BCUT2D eigenvalue weighted by atomic mass is 9.72. The van der Waals surface area contributed by atoms with E-state index in [0.29, 0.717) is 11.5 Å². The summed E-state index contributed by atoms with van der Waals surface area (Å²) in [6.45, 7) is 10.5. The van der Waals surface area contributed by atoms with Gasteiger partial charge in [0.15, 0.2) is 0 Å². The summed E-state index contributed by atoms with van der Waals surface area (Å²) in [4.78, 5) is 2.05. The molecule has 0 bridgehead atoms. The highest BCUT2D eigenvalue weighted by Crippen LogP contribution is 2.38. The van der Waals surface area contributed by atoms with E-state index in [9.17, 15) is 5.02 Å². The van der Waals surface area contributed by atoms with Crippen molar-refractivity contribution in [1.29, 1.82) is 0 Å². The second kappa shape index (κ2) is 7.55. The number of nitrogens with zero attached hydrogens (tertiary/aromatic N) is 1. The fourth-order valence-corrected chi connectivity index (χ4v) is 4.06. The lowest BCUT2D eigenvalue weighted by Gasteiger charge is -2.36. The maximum Gasteiger partial charge on any atom is 0.376 e. The average molecular weight is 341 g/mol. The van der Waals surface area contributed by atoms with Crippen LogP contribution in [0.1, 0.15) is 52.0 Å². The Hall–Kier alpha value is -1.26. The van der Waals surface area contributed by atoms with Gasteiger partial charge in [-0.25, -0.2) is 0 Å². The Morgan fingerprint density at radius 2 is 1.72 bits per heavy atom. The lowest BCUT2D eigenvalue weighted by Crippen LogP contribution is -2.35. The predicted octanol–water partition coefficient (Wildman–Crippen LogP) is 4.48. The third kappa shape index (κ3) is 4.68. The first kappa shape index (κ1) is 18.5. The summed E-state index contributed by atoms with van der Waals surface area (Å²) in [5.41, 5.74) is 2.94. The van der Waals surface area contributed by atoms with Gasteiger partial charge in [0.25, 0.3) is 0 Å². The van der Waals surface area contributed by atoms with Gasteiger partial charge in [-0.05, 0) is 67.1 Å². The zero-order valence-corrected chi connectivity index (χ0v) is 16.2. The van der Waals surface area contributed by atoms with Gasteiger partial charge in [0.2, 0.25) is 0 Å². The van der Waals surface area contributed by atoms with Crippen molar-refractivity contribution in [3.05, 3.63) is 35.9 Å². The van der Waals surface area contributed by atoms with Crippen LogP contribution in [0.5, 0.6) is 5.75 Å². The lowest BCUT2D eigenvalue weighted by molar-refractivity contribution is 0.0882. The maximum absolute atomic E-state index is 9.68. The Labute approximate surface area is 153 Å². The molecule has 0 atom stereocenters. The third-order valence-electron chi connectivity index (χ3n) is 5.90. The van der Waals surface area contributed by atoms with Gasteiger partial charge in [-0.3, -0.25) is 0 Å². The molecule has 25 heavy (non-hydrogen) atoms. The topological polar surface area (TPSA) is 32.7 Å². The minimum absolute atomic E-state index is 0.362. The fraction of sp³-hybridized carbons (Fsp3) is 0.619. The van der Waals surface area contributed by atoms with E-state index in [2.05, 4.69) is 51.1 Å². The molecule has 0 aromatic heterocycles. The number of ether oxygens (including phenoxy) is 1. The van der Waals surface area contributed by atoms with Crippen LogP contribution in [0, 0.1) is 11.3 Å². The molecule has 1 N–H and O–H groups in total. The Kier molecular flexibility index (Phi) is 5.60. The van der Waals surface area contributed by atoms with E-state index in [4.69, 9.17) is 4.74 Å². The van der Waals surface area contributed by atoms with Crippen molar-refractivity contribution >= 4 is 12.6 Å². The molecule has 136 valence electrons. The summed E-state index contributed by atoms with van der Waals surface area (Å²) in [5.74, 6) is 1.80. The minimum atomic E-state index is -0.389. The molecule has 3 nitrogen and oxygen atoms in total. The van der Waals surface area contributed by atoms with Crippen LogP contribution in [0.2, 0.25) is 6.82 Å². The Balaban J connectivity index is 1.52. The molecule has 1 heterocycles. The Morgan fingerprint density at radius 3 is 2.24 bits per heavy atom. The fourth-order valence-electron chi connectivity index (χ4n) is 4.06. The van der Waals surface area contributed by atoms with Crippen LogP contribution in [0.4, 0.5) is 0 Å². The highest BCUT2D eigenvalue weighted by atomic mass is 16.5. The minimum Gasteiger partial charge on any atom is -0.490 e. The van der Waals surface area contributed by atoms with Gasteiger partial charge < -0.3 is 14.6 Å². The molecular formula is C21H32BNO2. The quantitative estimate of drug-likeness (QED) is 0.820. The summed E-state index contributed by atoms with van der Waals surface area (Å²) < 4.78 is 6.22. The van der Waals surface area contributed by atoms with Crippen molar-refractivity contribution in [2.75, 3.05) is 13.1 Å². The summed E-state index contributed by atoms with van der Waals surface area (Å²) in [6, 6.07) is 8.48. The maximum atomic E-state index is 9.68. The second-order valence-corrected chi connectivity index (χ2v) is 8.77. The monoisotopic (exact) mass is 341 g/mol. The van der Waals surface area contributed by atoms with E-state index in [1.165, 1.54) is 24.0 Å². The second-order valence-electron chi connectivity index (χ2n) is 8.77. The largest absolute Gasteiger partial charge is 0.490 e. The third-order valence-corrected chi connectivity index (χ3v) is 5.90. The van der Waals surface area contributed by atoms with Gasteiger partial charge in [-0.15, -0.1) is 0 Å². The van der Waals surface area contributed by atoms with E-state index in [0.717, 1.165) is 37.6 Å². The van der Waals surface area contributed by atoms with E-state index in [1.54, 1.807) is 0 Å². The molecule has 0 unspecified atom stereocenters. The molecule has 1 aromatic carbocycles. The molecule has 2 aliphatic rings. The van der Waals surface area contributed by atoms with Crippen LogP contribution >= 0.6 is 0 Å². The van der Waals surface area contributed by atoms with Crippen molar-refractivity contribution in [3.8, 4) is 5.75 Å². The average Bonchev–Trinajstić information content (AvgIpc) is 3.05. The van der Waals surface area contributed by atoms with Crippen LogP contribution in [0.3, 0.4) is 0 Å². The van der Waals surface area contributed by atoms with Gasteiger partial charge >= 0.3 is 7.05 Å². The van der Waals surface area contributed by atoms with E-state index in [1.807, 2.05) is 11.6 Å². The van der Waals surface area contributed by atoms with E-state index < -0.39 is 0 Å². The highest BCUT2D eigenvalue weighted by molar-refractivity contribution is 6.45. The summed E-state index contributed by atoms with van der Waals surface area (Å²) >= 11 is 0. The molecule has 0 radical (unpaired) electrons. The number of hydrogen-bond acceptors (Lipinski definition) is 3. The molecular weight excluding hydrogens is 309 g/mol. The molecule has 1 aliphatic heterocycles. The molecule has 1 fully saturated rings. The van der Waals surface area contributed by atoms with Crippen molar-refractivity contribution < 1.29 is 9.76 Å². The number of benzene rings is 1. The zero-order chi connectivity index (χ0) is 18.0. The molecule has 0 saturated heterocycles. The van der Waals surface area contributed by atoms with Crippen molar-refractivity contribution in [3.63, 3.8) is 0 Å². The molecule has 1 saturated carbocycles. The molecule has 1 aliphatic carbocycles. The van der Waals surface area contributed by atoms with Crippen molar-refractivity contribution in [2.24, 2.45) is 11.3 Å². The predicted molar refractivity (Wildman–Crippen MR) is 106 cm³/mol. The van der Waals surface area contributed by atoms with Crippen LogP contribution in [0.15, 0.2) is 30.3 Å². The summed E-state index contributed by atoms with van der Waals surface area (Å²) in [7, 11) is -0.389. The van der Waals surface area contributed by atoms with Crippen molar-refractivity contribution in [1.82, 2.24) is 4.81 Å². The molecule has 0 spiro atoms. The number of hydrogen-bond donors (Lipinski definition) is 1. The van der Waals surface area contributed by atoms with Crippen LogP contribution < -0.4 is 4.74 Å². The first-order chi connectivity index (χ1) is 11.8. The molecule has 4 heteroatoms. The Bertz CT molecular complexity index is 595. The first-order valence-electron chi connectivity index (χ1n) is 9.71. The molecule has 1 aromatic rings. The van der Waals surface area contributed by atoms with Crippen LogP contribution in [0.25, 0.3) is 5.57 Å². The normalized spacial score (nSPS) is 24.9. The number of rotatable bonds is 4. The smallest absolute Gasteiger partial charge is 0.376 e. The van der Waals surface area contributed by atoms with E-state index >= 15 is 0 Å². The zero-order valence-electron chi connectivity index (χ0n) is 16.2. The Morgan fingerprint density at radius 1 is 1.08 bits per heavy atom. The van der Waals surface area contributed by atoms with Gasteiger partial charge in [-0.2, -0.15) is 0 Å². The van der Waals surface area contributed by atoms with Gasteiger partial charge in [0.1, 0.15) is 5.75 Å². The van der Waals surface area contributed by atoms with Gasteiger partial charge in [-0.1, -0.05) is 39.0 Å². The van der Waals surface area contributed by atoms with Gasteiger partial charge in [0, 0.05) is 13.1 Å².